The average molecular weight is 225 g/mol. The molecule has 0 amide bonds. The number of hydrogen-bond acceptors (Lipinski definition) is 2. The predicted octanol–water partition coefficient (Wildman–Crippen LogP) is 2.50. The van der Waals surface area contributed by atoms with Crippen LogP contribution in [-0.2, 0) is 4.79 Å². The molecular weight excluding hydrogens is 202 g/mol. The Bertz CT molecular complexity index is 290. The first-order valence-corrected chi connectivity index (χ1v) is 6.41. The van der Waals surface area contributed by atoms with Crippen LogP contribution in [0, 0.1) is 5.41 Å². The Morgan fingerprint density at radius 1 is 1.44 bits per heavy atom. The van der Waals surface area contributed by atoms with Crippen molar-refractivity contribution >= 4 is 5.97 Å². The quantitative estimate of drug-likeness (QED) is 0.802. The van der Waals surface area contributed by atoms with E-state index in [2.05, 4.69) is 25.7 Å². The van der Waals surface area contributed by atoms with E-state index in [1.54, 1.807) is 0 Å². The van der Waals surface area contributed by atoms with Crippen molar-refractivity contribution in [2.45, 2.75) is 64.5 Å². The van der Waals surface area contributed by atoms with Crippen LogP contribution in [0.1, 0.15) is 52.9 Å². The highest BCUT2D eigenvalue weighted by Crippen LogP contribution is 2.47. The number of hydrogen-bond donors (Lipinski definition) is 1. The maximum atomic E-state index is 11.5. The lowest BCUT2D eigenvalue weighted by Crippen LogP contribution is -2.62. The second kappa shape index (κ2) is 3.73. The van der Waals surface area contributed by atoms with Gasteiger partial charge in [-0.2, -0.15) is 0 Å². The van der Waals surface area contributed by atoms with E-state index in [-0.39, 0.29) is 5.54 Å². The van der Waals surface area contributed by atoms with E-state index >= 15 is 0 Å². The smallest absolute Gasteiger partial charge is 0.310 e. The van der Waals surface area contributed by atoms with Gasteiger partial charge < -0.3 is 5.11 Å². The Morgan fingerprint density at radius 3 is 2.44 bits per heavy atom. The van der Waals surface area contributed by atoms with Gasteiger partial charge in [-0.05, 0) is 46.0 Å². The van der Waals surface area contributed by atoms with Gasteiger partial charge in [0.25, 0.3) is 0 Å². The summed E-state index contributed by atoms with van der Waals surface area (Å²) >= 11 is 0. The average Bonchev–Trinajstić information content (AvgIpc) is 2.30. The summed E-state index contributed by atoms with van der Waals surface area (Å²) in [5.74, 6) is -0.581. The molecule has 16 heavy (non-hydrogen) atoms. The van der Waals surface area contributed by atoms with Crippen LogP contribution in [0.4, 0.5) is 0 Å². The molecule has 2 heterocycles. The van der Waals surface area contributed by atoms with Gasteiger partial charge in [-0.1, -0.05) is 6.92 Å². The van der Waals surface area contributed by atoms with Crippen LogP contribution >= 0.6 is 0 Å². The molecule has 3 heteroatoms. The van der Waals surface area contributed by atoms with Gasteiger partial charge >= 0.3 is 5.97 Å². The van der Waals surface area contributed by atoms with Crippen LogP contribution in [0.5, 0.6) is 0 Å². The van der Waals surface area contributed by atoms with Crippen LogP contribution in [-0.4, -0.2) is 34.1 Å². The fourth-order valence-electron chi connectivity index (χ4n) is 3.27. The van der Waals surface area contributed by atoms with Crippen molar-refractivity contribution in [1.29, 1.82) is 0 Å². The van der Waals surface area contributed by atoms with Crippen LogP contribution in [0.25, 0.3) is 0 Å². The summed E-state index contributed by atoms with van der Waals surface area (Å²) in [6.07, 6.45) is 4.97. The highest BCUT2D eigenvalue weighted by atomic mass is 16.4. The minimum atomic E-state index is -0.581. The molecule has 1 aliphatic carbocycles. The van der Waals surface area contributed by atoms with Gasteiger partial charge in [-0.15, -0.1) is 0 Å². The first-order valence-electron chi connectivity index (χ1n) is 6.41. The van der Waals surface area contributed by atoms with Crippen molar-refractivity contribution in [2.75, 3.05) is 6.54 Å². The molecule has 2 aliphatic heterocycles. The molecule has 0 spiro atoms. The lowest BCUT2D eigenvalue weighted by molar-refractivity contribution is -0.164. The molecule has 2 bridgehead atoms. The summed E-state index contributed by atoms with van der Waals surface area (Å²) in [7, 11) is 0. The van der Waals surface area contributed by atoms with Gasteiger partial charge in [-0.3, -0.25) is 9.69 Å². The zero-order chi connectivity index (χ0) is 12.0. The minimum absolute atomic E-state index is 0.145. The van der Waals surface area contributed by atoms with Crippen molar-refractivity contribution in [3.05, 3.63) is 0 Å². The molecule has 3 aliphatic rings. The summed E-state index contributed by atoms with van der Waals surface area (Å²) in [6, 6.07) is 0.621. The Hall–Kier alpha value is -0.570. The van der Waals surface area contributed by atoms with Crippen molar-refractivity contribution in [3.8, 4) is 0 Å². The predicted molar refractivity (Wildman–Crippen MR) is 63.4 cm³/mol. The standard InChI is InChI=1S/C13H23NO2/c1-4-12(2,3)14-9-13(11(15)16)7-5-10(14)6-8-13/h10H,4-9H2,1-3H3,(H,15,16). The van der Waals surface area contributed by atoms with Gasteiger partial charge in [0.2, 0.25) is 0 Å². The van der Waals surface area contributed by atoms with E-state index in [1.165, 1.54) is 0 Å². The lowest BCUT2D eigenvalue weighted by Gasteiger charge is -2.56. The van der Waals surface area contributed by atoms with Crippen molar-refractivity contribution < 1.29 is 9.90 Å². The van der Waals surface area contributed by atoms with Crippen LogP contribution < -0.4 is 0 Å². The van der Waals surface area contributed by atoms with Gasteiger partial charge in [0.1, 0.15) is 0 Å². The summed E-state index contributed by atoms with van der Waals surface area (Å²) in [5.41, 5.74) is -0.298. The highest BCUT2D eigenvalue weighted by molar-refractivity contribution is 5.75. The number of carboxylic acids is 1. The molecule has 1 saturated carbocycles. The summed E-state index contributed by atoms with van der Waals surface area (Å²) in [6.45, 7) is 7.43. The van der Waals surface area contributed by atoms with E-state index < -0.39 is 11.4 Å². The first-order chi connectivity index (χ1) is 7.41. The second-order valence-electron chi connectivity index (χ2n) is 6.11. The number of fused-ring (bicyclic) bond motifs is 3. The summed E-state index contributed by atoms with van der Waals surface area (Å²) in [5, 5.41) is 9.44. The van der Waals surface area contributed by atoms with Gasteiger partial charge in [0.05, 0.1) is 5.41 Å². The number of piperidine rings is 2. The largest absolute Gasteiger partial charge is 0.481 e. The van der Waals surface area contributed by atoms with Gasteiger partial charge in [-0.25, -0.2) is 0 Å². The van der Waals surface area contributed by atoms with Crippen molar-refractivity contribution in [1.82, 2.24) is 4.90 Å². The van der Waals surface area contributed by atoms with Crippen LogP contribution in [0.2, 0.25) is 0 Å². The number of aliphatic carboxylic acids is 1. The Morgan fingerprint density at radius 2 is 2.00 bits per heavy atom. The molecule has 3 fully saturated rings. The molecule has 0 aromatic carbocycles. The zero-order valence-electron chi connectivity index (χ0n) is 10.6. The minimum Gasteiger partial charge on any atom is -0.481 e. The number of nitrogens with zero attached hydrogens (tertiary/aromatic N) is 1. The van der Waals surface area contributed by atoms with Gasteiger partial charge in [0.15, 0.2) is 0 Å². The molecule has 0 radical (unpaired) electrons. The zero-order valence-corrected chi connectivity index (χ0v) is 10.6. The third-order valence-corrected chi connectivity index (χ3v) is 4.92. The Balaban J connectivity index is 2.23. The van der Waals surface area contributed by atoms with E-state index in [0.29, 0.717) is 6.04 Å². The highest BCUT2D eigenvalue weighted by Gasteiger charge is 2.52. The SMILES string of the molecule is CCC(C)(C)N1CC2(C(=O)O)CCC1CC2. The van der Waals surface area contributed by atoms with E-state index in [9.17, 15) is 9.90 Å². The Kier molecular flexibility index (Phi) is 2.77. The van der Waals surface area contributed by atoms with E-state index in [4.69, 9.17) is 0 Å². The monoisotopic (exact) mass is 225 g/mol. The molecule has 0 unspecified atom stereocenters. The van der Waals surface area contributed by atoms with Crippen LogP contribution in [0.15, 0.2) is 0 Å². The van der Waals surface area contributed by atoms with Gasteiger partial charge in [0, 0.05) is 18.1 Å². The molecule has 0 aromatic rings. The third-order valence-electron chi connectivity index (χ3n) is 4.92. The molecule has 0 aromatic heterocycles. The maximum absolute atomic E-state index is 11.5. The maximum Gasteiger partial charge on any atom is 0.310 e. The lowest BCUT2D eigenvalue weighted by atomic mass is 9.66. The third kappa shape index (κ3) is 1.65. The normalized spacial score (nSPS) is 35.3. The fourth-order valence-corrected chi connectivity index (χ4v) is 3.27. The van der Waals surface area contributed by atoms with E-state index in [1.807, 2.05) is 0 Å². The topological polar surface area (TPSA) is 40.5 Å². The number of carboxylic acid groups (broad SMARTS) is 1. The van der Waals surface area contributed by atoms with Crippen LogP contribution in [0.3, 0.4) is 0 Å². The number of carbonyl (C=O) groups is 1. The van der Waals surface area contributed by atoms with Crippen molar-refractivity contribution in [2.24, 2.45) is 5.41 Å². The summed E-state index contributed by atoms with van der Waals surface area (Å²) < 4.78 is 0. The summed E-state index contributed by atoms with van der Waals surface area (Å²) in [4.78, 5) is 13.9. The van der Waals surface area contributed by atoms with Crippen molar-refractivity contribution in [3.63, 3.8) is 0 Å². The molecule has 1 N–H and O–H groups in total. The fraction of sp³-hybridized carbons (Fsp3) is 0.923. The molecular formula is C13H23NO2. The molecule has 0 atom stereocenters. The molecule has 92 valence electrons. The molecule has 3 nitrogen and oxygen atoms in total. The first kappa shape index (κ1) is 11.9. The molecule has 2 saturated heterocycles. The number of rotatable bonds is 3. The van der Waals surface area contributed by atoms with E-state index in [0.717, 1.165) is 38.6 Å². The Labute approximate surface area is 97.8 Å². The molecule has 3 rings (SSSR count). The second-order valence-corrected chi connectivity index (χ2v) is 6.11.